The second kappa shape index (κ2) is 6.28. The molecule has 0 saturated carbocycles. The van der Waals surface area contributed by atoms with Gasteiger partial charge >= 0.3 is 0 Å². The summed E-state index contributed by atoms with van der Waals surface area (Å²) in [5, 5.41) is 10.2. The summed E-state index contributed by atoms with van der Waals surface area (Å²) in [6, 6.07) is 19.0. The fraction of sp³-hybridized carbons (Fsp3) is 0.133. The normalized spacial score (nSPS) is 11.8. The standard InChI is InChI=1S/C15H14O2S/c16-14(11-12-7-3-1-4-8-12)15(18)17-13-9-5-2-6-10-13/h1-10,14,16H,11H2. The summed E-state index contributed by atoms with van der Waals surface area (Å²) in [5.74, 6) is 0.648. The van der Waals surface area contributed by atoms with Gasteiger partial charge in [-0.2, -0.15) is 0 Å². The smallest absolute Gasteiger partial charge is 0.196 e. The van der Waals surface area contributed by atoms with Crippen molar-refractivity contribution in [2.45, 2.75) is 12.5 Å². The van der Waals surface area contributed by atoms with E-state index in [0.717, 1.165) is 5.56 Å². The molecule has 0 heterocycles. The molecule has 2 aromatic carbocycles. The molecule has 0 aliphatic heterocycles. The quantitative estimate of drug-likeness (QED) is 0.855. The Balaban J connectivity index is 1.93. The van der Waals surface area contributed by atoms with E-state index >= 15 is 0 Å². The van der Waals surface area contributed by atoms with Crippen molar-refractivity contribution in [3.8, 4) is 5.75 Å². The van der Waals surface area contributed by atoms with Gasteiger partial charge in [0.2, 0.25) is 0 Å². The van der Waals surface area contributed by atoms with Crippen LogP contribution in [0.1, 0.15) is 5.56 Å². The lowest BCUT2D eigenvalue weighted by atomic mass is 10.1. The van der Waals surface area contributed by atoms with Gasteiger partial charge in [0.1, 0.15) is 11.9 Å². The maximum atomic E-state index is 9.97. The molecule has 2 rings (SSSR count). The van der Waals surface area contributed by atoms with Crippen molar-refractivity contribution in [1.29, 1.82) is 0 Å². The summed E-state index contributed by atoms with van der Waals surface area (Å²) in [5.41, 5.74) is 1.03. The van der Waals surface area contributed by atoms with Crippen LogP contribution in [0.25, 0.3) is 0 Å². The molecule has 2 nitrogen and oxygen atoms in total. The molecule has 1 unspecified atom stereocenters. The van der Waals surface area contributed by atoms with Gasteiger partial charge in [0.05, 0.1) is 0 Å². The number of hydrogen-bond acceptors (Lipinski definition) is 3. The molecule has 0 saturated heterocycles. The molecule has 92 valence electrons. The molecular weight excluding hydrogens is 244 g/mol. The van der Waals surface area contributed by atoms with Gasteiger partial charge in [0, 0.05) is 6.42 Å². The minimum absolute atomic E-state index is 0.199. The largest absolute Gasteiger partial charge is 0.447 e. The number of rotatable bonds is 4. The van der Waals surface area contributed by atoms with Crippen molar-refractivity contribution in [1.82, 2.24) is 0 Å². The van der Waals surface area contributed by atoms with Crippen molar-refractivity contribution in [2.75, 3.05) is 0 Å². The van der Waals surface area contributed by atoms with Gasteiger partial charge < -0.3 is 9.84 Å². The van der Waals surface area contributed by atoms with Crippen molar-refractivity contribution in [3.63, 3.8) is 0 Å². The molecule has 0 aliphatic rings. The lowest BCUT2D eigenvalue weighted by Crippen LogP contribution is -2.25. The van der Waals surface area contributed by atoms with Crippen molar-refractivity contribution < 1.29 is 9.84 Å². The third-order valence-corrected chi connectivity index (χ3v) is 2.86. The predicted molar refractivity (Wildman–Crippen MR) is 75.8 cm³/mol. The first-order valence-electron chi connectivity index (χ1n) is 5.74. The summed E-state index contributed by atoms with van der Waals surface area (Å²) in [7, 11) is 0. The van der Waals surface area contributed by atoms with Gasteiger partial charge in [-0.25, -0.2) is 0 Å². The van der Waals surface area contributed by atoms with Crippen molar-refractivity contribution in [3.05, 3.63) is 66.2 Å². The van der Waals surface area contributed by atoms with Crippen LogP contribution in [0.5, 0.6) is 5.75 Å². The third kappa shape index (κ3) is 3.65. The monoisotopic (exact) mass is 258 g/mol. The molecule has 1 atom stereocenters. The van der Waals surface area contributed by atoms with E-state index in [4.69, 9.17) is 17.0 Å². The Hall–Kier alpha value is -1.71. The van der Waals surface area contributed by atoms with E-state index in [1.165, 1.54) is 0 Å². The molecule has 18 heavy (non-hydrogen) atoms. The molecule has 0 bridgehead atoms. The number of aliphatic hydroxyl groups excluding tert-OH is 1. The highest BCUT2D eigenvalue weighted by molar-refractivity contribution is 7.80. The molecule has 0 spiro atoms. The zero-order valence-corrected chi connectivity index (χ0v) is 10.6. The first kappa shape index (κ1) is 12.7. The zero-order chi connectivity index (χ0) is 12.8. The van der Waals surface area contributed by atoms with Gasteiger partial charge in [-0.1, -0.05) is 48.5 Å². The first-order chi connectivity index (χ1) is 8.75. The molecule has 0 aliphatic carbocycles. The Morgan fingerprint density at radius 2 is 1.56 bits per heavy atom. The Kier molecular flexibility index (Phi) is 4.45. The van der Waals surface area contributed by atoms with Crippen LogP contribution in [0, 0.1) is 0 Å². The summed E-state index contributed by atoms with van der Waals surface area (Å²) < 4.78 is 5.43. The van der Waals surface area contributed by atoms with Crippen LogP contribution < -0.4 is 4.74 Å². The SMILES string of the molecule is OC(Cc1ccccc1)C(=S)Oc1ccccc1. The van der Waals surface area contributed by atoms with Crippen LogP contribution in [0.15, 0.2) is 60.7 Å². The third-order valence-electron chi connectivity index (χ3n) is 2.51. The van der Waals surface area contributed by atoms with Crippen LogP contribution in [0.4, 0.5) is 0 Å². The van der Waals surface area contributed by atoms with Gasteiger partial charge in [0.15, 0.2) is 5.05 Å². The molecule has 2 aromatic rings. The summed E-state index contributed by atoms with van der Waals surface area (Å²) >= 11 is 5.09. The van der Waals surface area contributed by atoms with Gasteiger partial charge in [-0.05, 0) is 29.9 Å². The van der Waals surface area contributed by atoms with Crippen LogP contribution in [0.2, 0.25) is 0 Å². The zero-order valence-electron chi connectivity index (χ0n) is 9.82. The maximum Gasteiger partial charge on any atom is 0.196 e. The van der Waals surface area contributed by atoms with E-state index in [-0.39, 0.29) is 5.05 Å². The van der Waals surface area contributed by atoms with Gasteiger partial charge in [0.25, 0.3) is 0 Å². The topological polar surface area (TPSA) is 29.5 Å². The second-order valence-corrected chi connectivity index (χ2v) is 4.34. The fourth-order valence-corrected chi connectivity index (χ4v) is 1.77. The molecule has 0 fully saturated rings. The molecule has 1 N–H and O–H groups in total. The van der Waals surface area contributed by atoms with E-state index in [9.17, 15) is 5.11 Å². The van der Waals surface area contributed by atoms with E-state index in [0.29, 0.717) is 12.2 Å². The van der Waals surface area contributed by atoms with Gasteiger partial charge in [-0.15, -0.1) is 0 Å². The number of aliphatic hydroxyl groups is 1. The number of thiocarbonyl (C=S) groups is 1. The molecular formula is C15H14O2S. The lowest BCUT2D eigenvalue weighted by molar-refractivity contribution is 0.224. The highest BCUT2D eigenvalue weighted by atomic mass is 32.1. The first-order valence-corrected chi connectivity index (χ1v) is 6.15. The second-order valence-electron chi connectivity index (χ2n) is 3.94. The van der Waals surface area contributed by atoms with Crippen LogP contribution in [-0.4, -0.2) is 16.3 Å². The van der Waals surface area contributed by atoms with E-state index in [2.05, 4.69) is 0 Å². The molecule has 3 heteroatoms. The molecule has 0 aromatic heterocycles. The fourth-order valence-electron chi connectivity index (χ4n) is 1.59. The van der Waals surface area contributed by atoms with E-state index in [1.54, 1.807) is 0 Å². The number of benzene rings is 2. The van der Waals surface area contributed by atoms with Crippen LogP contribution in [0.3, 0.4) is 0 Å². The highest BCUT2D eigenvalue weighted by Gasteiger charge is 2.13. The van der Waals surface area contributed by atoms with Crippen molar-refractivity contribution >= 4 is 17.3 Å². The average Bonchev–Trinajstić information content (AvgIpc) is 2.41. The summed E-state index contributed by atoms with van der Waals surface area (Å²) in [6.07, 6.45) is -0.311. The van der Waals surface area contributed by atoms with Crippen LogP contribution in [-0.2, 0) is 6.42 Å². The van der Waals surface area contributed by atoms with Crippen LogP contribution >= 0.6 is 12.2 Å². The Morgan fingerprint density at radius 3 is 2.17 bits per heavy atom. The average molecular weight is 258 g/mol. The summed E-state index contributed by atoms with van der Waals surface area (Å²) in [6.45, 7) is 0. The maximum absolute atomic E-state index is 9.97. The van der Waals surface area contributed by atoms with E-state index < -0.39 is 6.10 Å². The number of para-hydroxylation sites is 1. The highest BCUT2D eigenvalue weighted by Crippen LogP contribution is 2.12. The molecule has 0 amide bonds. The summed E-state index contributed by atoms with van der Waals surface area (Å²) in [4.78, 5) is 0. The number of hydrogen-bond donors (Lipinski definition) is 1. The Bertz CT molecular complexity index is 496. The van der Waals surface area contributed by atoms with Gasteiger partial charge in [-0.3, -0.25) is 0 Å². The minimum Gasteiger partial charge on any atom is -0.447 e. The Morgan fingerprint density at radius 1 is 1.00 bits per heavy atom. The molecule has 0 radical (unpaired) electrons. The number of ether oxygens (including phenoxy) is 1. The lowest BCUT2D eigenvalue weighted by Gasteiger charge is -2.13. The minimum atomic E-state index is -0.775. The van der Waals surface area contributed by atoms with E-state index in [1.807, 2.05) is 60.7 Å². The van der Waals surface area contributed by atoms with Crippen molar-refractivity contribution in [2.24, 2.45) is 0 Å². The Labute approximate surface area is 112 Å². The predicted octanol–water partition coefficient (Wildman–Crippen LogP) is 3.00.